The Kier molecular flexibility index (Phi) is 8.36. The first-order valence-corrected chi connectivity index (χ1v) is 13.3. The number of nitrogens with one attached hydrogen (secondary N) is 1. The average molecular weight is 552 g/mol. The number of amides is 2. The third-order valence-corrected chi connectivity index (χ3v) is 7.42. The van der Waals surface area contributed by atoms with Crippen molar-refractivity contribution in [3.8, 4) is 0 Å². The second-order valence-corrected chi connectivity index (χ2v) is 11.6. The lowest BCUT2D eigenvalue weighted by molar-refractivity contribution is -0.144. The van der Waals surface area contributed by atoms with E-state index in [0.29, 0.717) is 11.5 Å². The molecule has 2 aromatic rings. The fourth-order valence-corrected chi connectivity index (χ4v) is 5.15. The quantitative estimate of drug-likeness (QED) is 0.441. The van der Waals surface area contributed by atoms with Gasteiger partial charge in [-0.25, -0.2) is 4.68 Å². The maximum Gasteiger partial charge on any atom is 0.416 e. The number of aliphatic hydroxyl groups is 2. The Hall–Kier alpha value is -2.99. The lowest BCUT2D eigenvalue weighted by atomic mass is 9.85. The molecule has 2 heterocycles. The molecular weight excluding hydrogens is 515 g/mol. The molecule has 9 nitrogen and oxygen atoms in total. The molecule has 214 valence electrons. The summed E-state index contributed by atoms with van der Waals surface area (Å²) < 4.78 is 40.4. The van der Waals surface area contributed by atoms with E-state index in [1.807, 2.05) is 20.8 Å². The summed E-state index contributed by atoms with van der Waals surface area (Å²) in [6.07, 6.45) is -1.20. The fourth-order valence-electron chi connectivity index (χ4n) is 5.15. The van der Waals surface area contributed by atoms with Crippen molar-refractivity contribution < 1.29 is 33.0 Å². The molecule has 12 heteroatoms. The predicted octanol–water partition coefficient (Wildman–Crippen LogP) is 3.01. The Bertz CT molecular complexity index is 1160. The van der Waals surface area contributed by atoms with Crippen molar-refractivity contribution in [1.29, 1.82) is 0 Å². The summed E-state index contributed by atoms with van der Waals surface area (Å²) in [7, 11) is 0. The maximum atomic E-state index is 13.8. The van der Waals surface area contributed by atoms with Gasteiger partial charge < -0.3 is 20.4 Å². The molecule has 0 spiro atoms. The van der Waals surface area contributed by atoms with Gasteiger partial charge in [0.25, 0.3) is 0 Å². The molecule has 4 atom stereocenters. The zero-order chi connectivity index (χ0) is 28.5. The molecular formula is C27H36F3N5O4. The van der Waals surface area contributed by atoms with E-state index in [2.05, 4.69) is 15.6 Å². The van der Waals surface area contributed by atoms with E-state index in [-0.39, 0.29) is 38.4 Å². The summed E-state index contributed by atoms with van der Waals surface area (Å²) in [6, 6.07) is 2.96. The van der Waals surface area contributed by atoms with Gasteiger partial charge in [0.1, 0.15) is 12.1 Å². The number of carbonyl (C=O) groups is 2. The molecule has 1 aromatic heterocycles. The number of aromatic nitrogens is 3. The van der Waals surface area contributed by atoms with Crippen LogP contribution in [0, 0.1) is 5.41 Å². The van der Waals surface area contributed by atoms with Crippen molar-refractivity contribution in [3.63, 3.8) is 0 Å². The minimum atomic E-state index is -4.46. The van der Waals surface area contributed by atoms with E-state index in [9.17, 15) is 33.0 Å². The van der Waals surface area contributed by atoms with Gasteiger partial charge in [0.15, 0.2) is 0 Å². The predicted molar refractivity (Wildman–Crippen MR) is 136 cm³/mol. The maximum absolute atomic E-state index is 13.8. The topological polar surface area (TPSA) is 121 Å². The number of aliphatic hydroxyl groups excluding tert-OH is 2. The molecule has 2 fully saturated rings. The van der Waals surface area contributed by atoms with Crippen molar-refractivity contribution in [2.24, 2.45) is 5.41 Å². The third kappa shape index (κ3) is 6.78. The van der Waals surface area contributed by atoms with Crippen molar-refractivity contribution in [2.45, 2.75) is 82.7 Å². The van der Waals surface area contributed by atoms with Crippen LogP contribution in [-0.4, -0.2) is 73.8 Å². The van der Waals surface area contributed by atoms with E-state index in [1.54, 1.807) is 10.9 Å². The SMILES string of the molecule is CC(C)(C)[C@@H](C(=O)N1C[C@H](O)C[C@H]1C(=O)NCC(CCO)c1ccc(C(F)(F)F)cc1)n1cc(C2CC2)nn1. The molecule has 39 heavy (non-hydrogen) atoms. The van der Waals surface area contributed by atoms with Gasteiger partial charge in [-0.05, 0) is 42.4 Å². The Balaban J connectivity index is 1.48. The molecule has 1 aromatic carbocycles. The first-order valence-electron chi connectivity index (χ1n) is 13.3. The summed E-state index contributed by atoms with van der Waals surface area (Å²) in [6.45, 7) is 5.53. The summed E-state index contributed by atoms with van der Waals surface area (Å²) >= 11 is 0. The number of rotatable bonds is 9. The highest BCUT2D eigenvalue weighted by molar-refractivity contribution is 5.90. The molecule has 0 bridgehead atoms. The third-order valence-electron chi connectivity index (χ3n) is 7.42. The smallest absolute Gasteiger partial charge is 0.396 e. The summed E-state index contributed by atoms with van der Waals surface area (Å²) in [5.74, 6) is -0.895. The van der Waals surface area contributed by atoms with Gasteiger partial charge in [-0.2, -0.15) is 13.2 Å². The van der Waals surface area contributed by atoms with Crippen LogP contribution in [0.1, 0.15) is 81.2 Å². The lowest BCUT2D eigenvalue weighted by Crippen LogP contribution is -2.50. The second kappa shape index (κ2) is 11.2. The van der Waals surface area contributed by atoms with Crippen molar-refractivity contribution in [3.05, 3.63) is 47.3 Å². The van der Waals surface area contributed by atoms with E-state index in [0.717, 1.165) is 30.7 Å². The highest BCUT2D eigenvalue weighted by atomic mass is 19.4. The highest BCUT2D eigenvalue weighted by Crippen LogP contribution is 2.40. The molecule has 1 aliphatic carbocycles. The number of β-amino-alcohol motifs (C(OH)–C–C–N with tert-alkyl or cyclic N) is 1. The van der Waals surface area contributed by atoms with Gasteiger partial charge in [-0.3, -0.25) is 9.59 Å². The fraction of sp³-hybridized carbons (Fsp3) is 0.630. The molecule has 2 amide bonds. The van der Waals surface area contributed by atoms with Gasteiger partial charge >= 0.3 is 6.18 Å². The van der Waals surface area contributed by atoms with Crippen LogP contribution in [0.4, 0.5) is 13.2 Å². The van der Waals surface area contributed by atoms with Crippen LogP contribution in [0.25, 0.3) is 0 Å². The summed E-state index contributed by atoms with van der Waals surface area (Å²) in [5, 5.41) is 31.2. The number of hydrogen-bond acceptors (Lipinski definition) is 6. The van der Waals surface area contributed by atoms with Gasteiger partial charge in [-0.1, -0.05) is 38.1 Å². The van der Waals surface area contributed by atoms with Gasteiger partial charge in [0.05, 0.1) is 17.4 Å². The summed E-state index contributed by atoms with van der Waals surface area (Å²) in [4.78, 5) is 28.5. The number of halogens is 3. The molecule has 0 radical (unpaired) electrons. The highest BCUT2D eigenvalue weighted by Gasteiger charge is 2.45. The number of alkyl halides is 3. The van der Waals surface area contributed by atoms with E-state index in [1.165, 1.54) is 17.0 Å². The van der Waals surface area contributed by atoms with E-state index in [4.69, 9.17) is 0 Å². The van der Waals surface area contributed by atoms with Crippen LogP contribution in [0.2, 0.25) is 0 Å². The minimum Gasteiger partial charge on any atom is -0.396 e. The Morgan fingerprint density at radius 3 is 2.38 bits per heavy atom. The molecule has 1 saturated carbocycles. The van der Waals surface area contributed by atoms with Crippen molar-refractivity contribution in [2.75, 3.05) is 19.7 Å². The Labute approximate surface area is 225 Å². The Morgan fingerprint density at radius 2 is 1.82 bits per heavy atom. The van der Waals surface area contributed by atoms with E-state index < -0.39 is 47.2 Å². The number of hydrogen-bond donors (Lipinski definition) is 3. The number of benzene rings is 1. The van der Waals surface area contributed by atoms with Crippen LogP contribution < -0.4 is 5.32 Å². The minimum absolute atomic E-state index is 0.00729. The van der Waals surface area contributed by atoms with Crippen LogP contribution in [-0.2, 0) is 15.8 Å². The van der Waals surface area contributed by atoms with Crippen LogP contribution in [0.3, 0.4) is 0 Å². The summed E-state index contributed by atoms with van der Waals surface area (Å²) in [5.41, 5.74) is 0.0416. The number of likely N-dealkylation sites (tertiary alicyclic amines) is 1. The zero-order valence-electron chi connectivity index (χ0n) is 22.4. The van der Waals surface area contributed by atoms with Gasteiger partial charge in [0.2, 0.25) is 11.8 Å². The first-order chi connectivity index (χ1) is 18.3. The van der Waals surface area contributed by atoms with Crippen molar-refractivity contribution in [1.82, 2.24) is 25.2 Å². The number of nitrogens with zero attached hydrogens (tertiary/aromatic N) is 4. The molecule has 4 rings (SSSR count). The molecule has 3 N–H and O–H groups in total. The molecule has 2 aliphatic rings. The second-order valence-electron chi connectivity index (χ2n) is 11.6. The molecule has 1 saturated heterocycles. The lowest BCUT2D eigenvalue weighted by Gasteiger charge is -2.34. The number of carbonyl (C=O) groups excluding carboxylic acids is 2. The average Bonchev–Trinajstić information content (AvgIpc) is 3.47. The van der Waals surface area contributed by atoms with Crippen LogP contribution >= 0.6 is 0 Å². The van der Waals surface area contributed by atoms with Crippen molar-refractivity contribution >= 4 is 11.8 Å². The van der Waals surface area contributed by atoms with Gasteiger partial charge in [-0.15, -0.1) is 5.10 Å². The first kappa shape index (κ1) is 29.0. The largest absolute Gasteiger partial charge is 0.416 e. The molecule has 1 unspecified atom stereocenters. The monoisotopic (exact) mass is 551 g/mol. The zero-order valence-corrected chi connectivity index (χ0v) is 22.4. The normalized spacial score (nSPS) is 21.6. The Morgan fingerprint density at radius 1 is 1.15 bits per heavy atom. The molecule has 1 aliphatic heterocycles. The van der Waals surface area contributed by atoms with Crippen LogP contribution in [0.15, 0.2) is 30.5 Å². The standard InChI is InChI=1S/C27H36F3N5O4/c1-26(2,3)23(35-15-21(32-33-35)17-4-5-17)25(39)34-14-20(37)12-22(34)24(38)31-13-18(10-11-36)16-6-8-19(9-7-16)27(28,29)30/h6-9,15,17-18,20,22-23,36-37H,4-5,10-14H2,1-3H3,(H,31,38)/t18?,20-,22+,23-/m1/s1. The van der Waals surface area contributed by atoms with Gasteiger partial charge in [0, 0.05) is 44.1 Å². The van der Waals surface area contributed by atoms with E-state index >= 15 is 0 Å². The van der Waals surface area contributed by atoms with Crippen LogP contribution in [0.5, 0.6) is 0 Å².